The third-order valence-electron chi connectivity index (χ3n) is 29.8. The lowest BCUT2D eigenvalue weighted by Gasteiger charge is -2.34. The molecule has 27 aromatic rings. The maximum atomic E-state index is 2.53. The summed E-state index contributed by atoms with van der Waals surface area (Å²) in [6.07, 6.45) is 0. The summed E-state index contributed by atoms with van der Waals surface area (Å²) in [5.41, 5.74) is 31.0. The molecule has 0 radical (unpaired) electrons. The molecule has 0 unspecified atom stereocenters. The molecule has 0 bridgehead atoms. The van der Waals surface area contributed by atoms with Crippen LogP contribution < -0.4 is 41.5 Å². The van der Waals surface area contributed by atoms with Crippen molar-refractivity contribution in [3.8, 4) is 101 Å². The SMILES string of the molecule is c1ccc(-c2ccc(-n3c4ccccc4c4cc(-c5ccc(-c6ccc7c(c6)c6cc([Si](c8ccccc8)(c8ccccc8)c8ccccc8)ccc6n7-c6ccc(-c7ccccc7)cc6)cc5)ccc43)cc2)cc1.c1ccc(-c2ccc(-n3c4ccccc4c4cc(-c5ccc(-c6ccc7c(c6)c6ccccc6n7-c6cccc([Si](c7ccccc7)(c7ccccc7)c7ccccc7)c6)cc5)ccc43)cc2)cc1. The molecule has 0 aliphatic heterocycles. The maximum Gasteiger partial charge on any atom is 0.179 e. The van der Waals surface area contributed by atoms with Crippen LogP contribution in [0.4, 0.5) is 0 Å². The van der Waals surface area contributed by atoms with Gasteiger partial charge in [0, 0.05) is 65.8 Å². The average Bonchev–Trinajstić information content (AvgIpc) is 0.954. The molecule has 0 aliphatic carbocycles. The minimum atomic E-state index is -2.81. The van der Waals surface area contributed by atoms with Gasteiger partial charge < -0.3 is 18.3 Å². The highest BCUT2D eigenvalue weighted by molar-refractivity contribution is 7.20. The normalized spacial score (nSPS) is 11.8. The van der Waals surface area contributed by atoms with Crippen LogP contribution in [0.1, 0.15) is 0 Å². The predicted octanol–water partition coefficient (Wildman–Crippen LogP) is 30.2. The summed E-state index contributed by atoms with van der Waals surface area (Å²) < 4.78 is 9.72. The highest BCUT2D eigenvalue weighted by Crippen LogP contribution is 2.43. The maximum absolute atomic E-state index is 2.81. The number of rotatable bonds is 19. The molecule has 676 valence electrons. The molecule has 0 saturated heterocycles. The van der Waals surface area contributed by atoms with E-state index in [1.54, 1.807) is 0 Å². The van der Waals surface area contributed by atoms with Crippen molar-refractivity contribution < 1.29 is 0 Å². The van der Waals surface area contributed by atoms with Crippen molar-refractivity contribution in [2.75, 3.05) is 0 Å². The summed E-state index contributed by atoms with van der Waals surface area (Å²) in [5, 5.41) is 20.8. The average molecular weight is 1870 g/mol. The standard InChI is InChI=1S/C72H50N2Si.C66H46N2Si/c1-6-18-51(19-7-1)53-34-40-59(41-35-53)73-69-29-17-16-28-65(69)66-48-57(38-45-70(66)73)55-30-32-56(33-31-55)58-39-46-71-67(49-58)68-50-64(44-47-72(68)74(71)60-42-36-54(37-43-60)52-20-8-2-9-21-52)75(61-22-10-3-11-23-61,62-24-12-4-13-25-62)63-26-14-5-15-27-63;1-5-18-47(19-6-1)48-36-40-53(41-37-48)67-63-30-15-13-28-59(63)61-44-51(38-42-65(61)67)49-32-34-50(35-33-49)52-39-43-66-62(45-52)60-29-14-16-31-64(60)68(66)54-20-17-27-58(46-54)69(55-21-7-2-8-22-55,56-23-9-3-10-24-56)57-25-11-4-12-26-57/h1-50H;1-46H. The molecule has 0 amide bonds. The van der Waals surface area contributed by atoms with Crippen LogP contribution in [-0.2, 0) is 0 Å². The molecular formula is C138H96N4Si2. The van der Waals surface area contributed by atoms with Crippen molar-refractivity contribution in [3.63, 3.8) is 0 Å². The van der Waals surface area contributed by atoms with Gasteiger partial charge in [0.15, 0.2) is 16.1 Å². The Labute approximate surface area is 839 Å². The van der Waals surface area contributed by atoms with Crippen molar-refractivity contribution in [3.05, 3.63) is 582 Å². The van der Waals surface area contributed by atoms with Crippen molar-refractivity contribution >= 4 is 145 Å². The largest absolute Gasteiger partial charge is 0.309 e. The molecule has 27 rings (SSSR count). The van der Waals surface area contributed by atoms with E-state index in [1.165, 1.54) is 207 Å². The topological polar surface area (TPSA) is 19.7 Å². The minimum absolute atomic E-state index is 1.14. The van der Waals surface area contributed by atoms with Gasteiger partial charge in [0.2, 0.25) is 0 Å². The number of para-hydroxylation sites is 3. The fraction of sp³-hybridized carbons (Fsp3) is 0. The predicted molar refractivity (Wildman–Crippen MR) is 616 cm³/mol. The Morgan fingerprint density at radius 1 is 0.0972 bits per heavy atom. The minimum Gasteiger partial charge on any atom is -0.309 e. The van der Waals surface area contributed by atoms with Gasteiger partial charge in [-0.15, -0.1) is 0 Å². The Morgan fingerprint density at radius 3 is 0.556 bits per heavy atom. The summed E-state index contributed by atoms with van der Waals surface area (Å²) in [6.45, 7) is 0. The number of hydrogen-bond acceptors (Lipinski definition) is 0. The molecule has 4 aromatic heterocycles. The summed E-state index contributed by atoms with van der Waals surface area (Å²) in [4.78, 5) is 0. The van der Waals surface area contributed by atoms with Gasteiger partial charge in [-0.05, 0) is 241 Å². The first-order valence-electron chi connectivity index (χ1n) is 49.7. The second-order valence-corrected chi connectivity index (χ2v) is 45.3. The first-order valence-corrected chi connectivity index (χ1v) is 53.7. The summed E-state index contributed by atoms with van der Waals surface area (Å²) in [7, 11) is -5.54. The van der Waals surface area contributed by atoms with Gasteiger partial charge in [-0.25, -0.2) is 0 Å². The molecule has 144 heavy (non-hydrogen) atoms. The van der Waals surface area contributed by atoms with E-state index in [0.717, 1.165) is 22.7 Å². The van der Waals surface area contributed by atoms with E-state index >= 15 is 0 Å². The Hall–Kier alpha value is -18.3. The van der Waals surface area contributed by atoms with E-state index in [0.29, 0.717) is 0 Å². The highest BCUT2D eigenvalue weighted by atomic mass is 28.3. The molecule has 0 saturated carbocycles. The van der Waals surface area contributed by atoms with Gasteiger partial charge in [-0.2, -0.15) is 0 Å². The van der Waals surface area contributed by atoms with Crippen LogP contribution in [-0.4, -0.2) is 34.4 Å². The monoisotopic (exact) mass is 1860 g/mol. The summed E-state index contributed by atoms with van der Waals surface area (Å²) >= 11 is 0. The van der Waals surface area contributed by atoms with E-state index in [1.807, 2.05) is 0 Å². The van der Waals surface area contributed by atoms with Crippen LogP contribution >= 0.6 is 0 Å². The number of nitrogens with zero attached hydrogens (tertiary/aromatic N) is 4. The Morgan fingerprint density at radius 2 is 0.278 bits per heavy atom. The zero-order valence-electron chi connectivity index (χ0n) is 79.2. The van der Waals surface area contributed by atoms with E-state index in [2.05, 4.69) is 601 Å². The molecule has 4 heterocycles. The second kappa shape index (κ2) is 36.8. The zero-order valence-corrected chi connectivity index (χ0v) is 81.2. The van der Waals surface area contributed by atoms with Crippen molar-refractivity contribution in [1.82, 2.24) is 18.3 Å². The summed E-state index contributed by atoms with van der Waals surface area (Å²) in [6, 6.07) is 215. The second-order valence-electron chi connectivity index (χ2n) is 37.7. The van der Waals surface area contributed by atoms with Crippen LogP contribution in [0.25, 0.3) is 188 Å². The lowest BCUT2D eigenvalue weighted by molar-refractivity contribution is 1.18. The molecule has 0 aliphatic rings. The molecular weight excluding hydrogens is 1770 g/mol. The third kappa shape index (κ3) is 15.1. The molecule has 0 spiro atoms. The van der Waals surface area contributed by atoms with Crippen LogP contribution in [0.3, 0.4) is 0 Å². The van der Waals surface area contributed by atoms with Gasteiger partial charge >= 0.3 is 0 Å². The Bertz CT molecular complexity index is 9210. The Balaban J connectivity index is 0.000000147. The molecule has 0 N–H and O–H groups in total. The van der Waals surface area contributed by atoms with Gasteiger partial charge in [-0.1, -0.05) is 461 Å². The molecule has 0 fully saturated rings. The first-order chi connectivity index (χ1) is 71.4. The number of aromatic nitrogens is 4. The van der Waals surface area contributed by atoms with Gasteiger partial charge in [0.05, 0.1) is 44.1 Å². The number of fused-ring (bicyclic) bond motifs is 12. The van der Waals surface area contributed by atoms with E-state index in [-0.39, 0.29) is 0 Å². The van der Waals surface area contributed by atoms with E-state index in [9.17, 15) is 0 Å². The van der Waals surface area contributed by atoms with E-state index in [4.69, 9.17) is 0 Å². The van der Waals surface area contributed by atoms with Gasteiger partial charge in [0.25, 0.3) is 0 Å². The molecule has 23 aromatic carbocycles. The van der Waals surface area contributed by atoms with Crippen molar-refractivity contribution in [2.45, 2.75) is 0 Å². The van der Waals surface area contributed by atoms with Gasteiger partial charge in [-0.3, -0.25) is 0 Å². The van der Waals surface area contributed by atoms with Gasteiger partial charge in [0.1, 0.15) is 0 Å². The zero-order chi connectivity index (χ0) is 95.4. The fourth-order valence-corrected chi connectivity index (χ4v) is 32.6. The van der Waals surface area contributed by atoms with Crippen molar-refractivity contribution in [2.24, 2.45) is 0 Å². The molecule has 0 atom stereocenters. The fourth-order valence-electron chi connectivity index (χ4n) is 23.0. The van der Waals surface area contributed by atoms with Crippen molar-refractivity contribution in [1.29, 1.82) is 0 Å². The summed E-state index contributed by atoms with van der Waals surface area (Å²) in [5.74, 6) is 0. The molecule has 6 heteroatoms. The number of hydrogen-bond donors (Lipinski definition) is 0. The van der Waals surface area contributed by atoms with Crippen LogP contribution in [0.2, 0.25) is 0 Å². The van der Waals surface area contributed by atoms with Crippen LogP contribution in [0, 0.1) is 0 Å². The van der Waals surface area contributed by atoms with E-state index < -0.39 is 16.1 Å². The molecule has 4 nitrogen and oxygen atoms in total. The van der Waals surface area contributed by atoms with Crippen LogP contribution in [0.5, 0.6) is 0 Å². The lowest BCUT2D eigenvalue weighted by Crippen LogP contribution is -2.74. The first kappa shape index (κ1) is 86.1. The highest BCUT2D eigenvalue weighted by Gasteiger charge is 2.44. The Kier molecular flexibility index (Phi) is 22.0. The third-order valence-corrected chi connectivity index (χ3v) is 39.3. The quantitative estimate of drug-likeness (QED) is 0.0568. The lowest BCUT2D eigenvalue weighted by atomic mass is 9.98. The number of benzene rings is 23. The smallest absolute Gasteiger partial charge is 0.179 e. The van der Waals surface area contributed by atoms with Crippen LogP contribution in [0.15, 0.2) is 582 Å².